The molecule has 0 N–H and O–H groups in total. The number of esters is 1. The van der Waals surface area contributed by atoms with Gasteiger partial charge in [0.15, 0.2) is 6.10 Å². The van der Waals surface area contributed by atoms with E-state index in [0.29, 0.717) is 11.5 Å². The third-order valence-corrected chi connectivity index (χ3v) is 4.73. The molecule has 1 atom stereocenters. The molecule has 0 spiro atoms. The van der Waals surface area contributed by atoms with Crippen molar-refractivity contribution in [3.8, 4) is 0 Å². The van der Waals surface area contributed by atoms with Crippen LogP contribution in [-0.4, -0.2) is 39.7 Å². The van der Waals surface area contributed by atoms with E-state index in [1.807, 2.05) is 18.5 Å². The Hall–Kier alpha value is -2.70. The molecule has 1 unspecified atom stereocenters. The minimum atomic E-state index is -0.924. The summed E-state index contributed by atoms with van der Waals surface area (Å²) >= 11 is 0. The normalized spacial score (nSPS) is 12.1. The minimum Gasteiger partial charge on any atom is -0.452 e. The third kappa shape index (κ3) is 6.14. The Morgan fingerprint density at radius 1 is 1.24 bits per heavy atom. The summed E-state index contributed by atoms with van der Waals surface area (Å²) in [5.41, 5.74) is 3.24. The predicted molar refractivity (Wildman–Crippen MR) is 109 cm³/mol. The van der Waals surface area contributed by atoms with Crippen molar-refractivity contribution < 1.29 is 18.7 Å². The average Bonchev–Trinajstić information content (AvgIpc) is 2.87. The summed E-state index contributed by atoms with van der Waals surface area (Å²) in [6.45, 7) is 10.6. The van der Waals surface area contributed by atoms with Crippen molar-refractivity contribution in [1.82, 2.24) is 14.7 Å². The van der Waals surface area contributed by atoms with Crippen LogP contribution in [0.25, 0.3) is 0 Å². The molecule has 0 fully saturated rings. The number of aryl methyl sites for hydroxylation is 1. The van der Waals surface area contributed by atoms with E-state index in [2.05, 4.69) is 18.9 Å². The van der Waals surface area contributed by atoms with E-state index in [1.165, 1.54) is 17.0 Å². The smallest absolute Gasteiger partial charge is 0.311 e. The van der Waals surface area contributed by atoms with Gasteiger partial charge in [-0.3, -0.25) is 14.3 Å². The summed E-state index contributed by atoms with van der Waals surface area (Å²) in [4.78, 5) is 26.3. The standard InChI is InChI=1S/C22H30FN3O3/c1-14(2)12-26-16(4)20(15(3)24-26)11-21(27)29-17(5)22(28)25(6)13-18-8-7-9-19(23)10-18/h7-10,14,17H,11-13H2,1-6H3. The third-order valence-electron chi connectivity index (χ3n) is 4.73. The summed E-state index contributed by atoms with van der Waals surface area (Å²) in [7, 11) is 1.60. The van der Waals surface area contributed by atoms with Crippen LogP contribution in [0, 0.1) is 25.6 Å². The Labute approximate surface area is 171 Å². The fourth-order valence-electron chi connectivity index (χ4n) is 3.24. The maximum absolute atomic E-state index is 13.3. The molecule has 29 heavy (non-hydrogen) atoms. The summed E-state index contributed by atoms with van der Waals surface area (Å²) in [5, 5.41) is 4.50. The highest BCUT2D eigenvalue weighted by Gasteiger charge is 2.23. The number of benzene rings is 1. The number of ether oxygens (including phenoxy) is 1. The van der Waals surface area contributed by atoms with Crippen LogP contribution in [-0.2, 0) is 33.8 Å². The molecule has 2 aromatic rings. The monoisotopic (exact) mass is 403 g/mol. The number of carbonyl (C=O) groups excluding carboxylic acids is 2. The van der Waals surface area contributed by atoms with Gasteiger partial charge in [0.2, 0.25) is 0 Å². The highest BCUT2D eigenvalue weighted by Crippen LogP contribution is 2.16. The predicted octanol–water partition coefficient (Wildman–Crippen LogP) is 3.43. The molecule has 158 valence electrons. The van der Waals surface area contributed by atoms with E-state index in [1.54, 1.807) is 26.1 Å². The maximum atomic E-state index is 13.3. The lowest BCUT2D eigenvalue weighted by Gasteiger charge is -2.21. The SMILES string of the molecule is Cc1nn(CC(C)C)c(C)c1CC(=O)OC(C)C(=O)N(C)Cc1cccc(F)c1. The molecule has 0 aliphatic heterocycles. The van der Waals surface area contributed by atoms with Gasteiger partial charge in [-0.25, -0.2) is 4.39 Å². The Morgan fingerprint density at radius 3 is 2.55 bits per heavy atom. The van der Waals surface area contributed by atoms with Crippen LogP contribution < -0.4 is 0 Å². The van der Waals surface area contributed by atoms with E-state index in [-0.39, 0.29) is 24.7 Å². The van der Waals surface area contributed by atoms with E-state index in [0.717, 1.165) is 23.5 Å². The number of hydrogen-bond donors (Lipinski definition) is 0. The second-order valence-corrected chi connectivity index (χ2v) is 7.86. The molecule has 1 amide bonds. The van der Waals surface area contributed by atoms with Gasteiger partial charge < -0.3 is 9.64 Å². The molecule has 0 saturated heterocycles. The quantitative estimate of drug-likeness (QED) is 0.634. The van der Waals surface area contributed by atoms with Crippen LogP contribution in [0.15, 0.2) is 24.3 Å². The van der Waals surface area contributed by atoms with Gasteiger partial charge in [0.25, 0.3) is 5.91 Å². The Bertz CT molecular complexity index is 876. The zero-order valence-corrected chi connectivity index (χ0v) is 18.0. The summed E-state index contributed by atoms with van der Waals surface area (Å²) in [5.74, 6) is -0.725. The number of amides is 1. The molecule has 1 heterocycles. The molecule has 0 aliphatic carbocycles. The zero-order valence-electron chi connectivity index (χ0n) is 18.0. The van der Waals surface area contributed by atoms with Crippen LogP contribution in [0.1, 0.15) is 43.3 Å². The molecule has 1 aromatic heterocycles. The molecule has 0 bridgehead atoms. The lowest BCUT2D eigenvalue weighted by atomic mass is 10.1. The van der Waals surface area contributed by atoms with E-state index < -0.39 is 12.1 Å². The Balaban J connectivity index is 1.96. The van der Waals surface area contributed by atoms with Crippen molar-refractivity contribution in [3.63, 3.8) is 0 Å². The second-order valence-electron chi connectivity index (χ2n) is 7.86. The van der Waals surface area contributed by atoms with Crippen molar-refractivity contribution in [2.45, 2.75) is 60.2 Å². The van der Waals surface area contributed by atoms with Gasteiger partial charge in [-0.05, 0) is 44.4 Å². The van der Waals surface area contributed by atoms with E-state index >= 15 is 0 Å². The van der Waals surface area contributed by atoms with Crippen molar-refractivity contribution >= 4 is 11.9 Å². The minimum absolute atomic E-state index is 0.0704. The van der Waals surface area contributed by atoms with Crippen LogP contribution in [0.5, 0.6) is 0 Å². The van der Waals surface area contributed by atoms with Gasteiger partial charge in [0, 0.05) is 31.4 Å². The highest BCUT2D eigenvalue weighted by molar-refractivity contribution is 5.84. The summed E-state index contributed by atoms with van der Waals surface area (Å²) in [6, 6.07) is 6.06. The topological polar surface area (TPSA) is 64.4 Å². The Morgan fingerprint density at radius 2 is 1.93 bits per heavy atom. The first-order valence-electron chi connectivity index (χ1n) is 9.80. The first-order chi connectivity index (χ1) is 13.6. The molecular weight excluding hydrogens is 373 g/mol. The highest BCUT2D eigenvalue weighted by atomic mass is 19.1. The van der Waals surface area contributed by atoms with Gasteiger partial charge in [0.1, 0.15) is 5.82 Å². The van der Waals surface area contributed by atoms with Gasteiger partial charge in [0.05, 0.1) is 12.1 Å². The number of rotatable bonds is 8. The first kappa shape index (κ1) is 22.6. The van der Waals surface area contributed by atoms with Crippen molar-refractivity contribution in [3.05, 3.63) is 52.6 Å². The van der Waals surface area contributed by atoms with E-state index in [4.69, 9.17) is 4.74 Å². The second kappa shape index (κ2) is 9.67. The molecular formula is C22H30FN3O3. The number of carbonyl (C=O) groups is 2. The van der Waals surface area contributed by atoms with Crippen LogP contribution >= 0.6 is 0 Å². The number of halogens is 1. The molecule has 6 nitrogen and oxygen atoms in total. The molecule has 0 aliphatic rings. The first-order valence-corrected chi connectivity index (χ1v) is 9.80. The van der Waals surface area contributed by atoms with Gasteiger partial charge >= 0.3 is 5.97 Å². The summed E-state index contributed by atoms with van der Waals surface area (Å²) < 4.78 is 20.6. The van der Waals surface area contributed by atoms with Crippen LogP contribution in [0.4, 0.5) is 4.39 Å². The van der Waals surface area contributed by atoms with Crippen molar-refractivity contribution in [2.24, 2.45) is 5.92 Å². The molecule has 7 heteroatoms. The fourth-order valence-corrected chi connectivity index (χ4v) is 3.24. The lowest BCUT2D eigenvalue weighted by Crippen LogP contribution is -2.37. The maximum Gasteiger partial charge on any atom is 0.311 e. The van der Waals surface area contributed by atoms with Gasteiger partial charge in [-0.2, -0.15) is 5.10 Å². The zero-order chi connectivity index (χ0) is 21.7. The van der Waals surface area contributed by atoms with Gasteiger partial charge in [-0.1, -0.05) is 26.0 Å². The molecule has 0 saturated carbocycles. The average molecular weight is 403 g/mol. The van der Waals surface area contributed by atoms with Crippen LogP contribution in [0.3, 0.4) is 0 Å². The molecule has 2 rings (SSSR count). The fraction of sp³-hybridized carbons (Fsp3) is 0.500. The number of aromatic nitrogens is 2. The van der Waals surface area contributed by atoms with E-state index in [9.17, 15) is 14.0 Å². The molecule has 1 aromatic carbocycles. The molecule has 0 radical (unpaired) electrons. The number of likely N-dealkylation sites (N-methyl/N-ethyl adjacent to an activating group) is 1. The Kier molecular flexibility index (Phi) is 7.53. The van der Waals surface area contributed by atoms with Crippen LogP contribution in [0.2, 0.25) is 0 Å². The number of nitrogens with zero attached hydrogens (tertiary/aromatic N) is 3. The van der Waals surface area contributed by atoms with Gasteiger partial charge in [-0.15, -0.1) is 0 Å². The van der Waals surface area contributed by atoms with Crippen molar-refractivity contribution in [2.75, 3.05) is 7.05 Å². The lowest BCUT2D eigenvalue weighted by molar-refractivity contribution is -0.158. The van der Waals surface area contributed by atoms with Crippen molar-refractivity contribution in [1.29, 1.82) is 0 Å². The summed E-state index contributed by atoms with van der Waals surface area (Å²) in [6.07, 6.45) is -0.853. The number of hydrogen-bond acceptors (Lipinski definition) is 4. The largest absolute Gasteiger partial charge is 0.452 e.